The summed E-state index contributed by atoms with van der Waals surface area (Å²) in [7, 11) is 0. The molecule has 0 spiro atoms. The molecule has 0 bridgehead atoms. The van der Waals surface area contributed by atoms with E-state index in [0.29, 0.717) is 29.8 Å². The average molecular weight is 391 g/mol. The maximum absolute atomic E-state index is 12.6. The maximum atomic E-state index is 12.6. The number of piperidine rings is 1. The van der Waals surface area contributed by atoms with Crippen molar-refractivity contribution in [1.82, 2.24) is 20.4 Å². The van der Waals surface area contributed by atoms with Crippen LogP contribution in [0.3, 0.4) is 0 Å². The number of hydrogen-bond acceptors (Lipinski definition) is 5. The van der Waals surface area contributed by atoms with Crippen molar-refractivity contribution in [3.8, 4) is 11.4 Å². The topological polar surface area (TPSA) is 71.3 Å². The van der Waals surface area contributed by atoms with Crippen LogP contribution in [0.2, 0.25) is 5.02 Å². The molecule has 1 fully saturated rings. The van der Waals surface area contributed by atoms with Crippen molar-refractivity contribution in [3.05, 3.63) is 35.2 Å². The first kappa shape index (κ1) is 19.8. The molecule has 1 aliphatic heterocycles. The van der Waals surface area contributed by atoms with Crippen LogP contribution in [0.25, 0.3) is 11.4 Å². The third-order valence-electron chi connectivity index (χ3n) is 5.13. The summed E-state index contributed by atoms with van der Waals surface area (Å²) in [5.74, 6) is 1.22. The summed E-state index contributed by atoms with van der Waals surface area (Å²) in [5.41, 5.74) is 0.660. The van der Waals surface area contributed by atoms with Gasteiger partial charge in [0.2, 0.25) is 17.6 Å². The highest BCUT2D eigenvalue weighted by atomic mass is 35.5. The monoisotopic (exact) mass is 390 g/mol. The molecule has 1 aromatic heterocycles. The van der Waals surface area contributed by atoms with Crippen molar-refractivity contribution in [2.75, 3.05) is 13.1 Å². The Morgan fingerprint density at radius 3 is 3.00 bits per heavy atom. The number of nitrogens with one attached hydrogen (secondary N) is 1. The Labute approximate surface area is 165 Å². The molecular weight excluding hydrogens is 364 g/mol. The van der Waals surface area contributed by atoms with Crippen LogP contribution in [0, 0.1) is 5.92 Å². The van der Waals surface area contributed by atoms with E-state index in [1.807, 2.05) is 24.3 Å². The van der Waals surface area contributed by atoms with Crippen LogP contribution in [0.4, 0.5) is 0 Å². The van der Waals surface area contributed by atoms with Gasteiger partial charge < -0.3 is 9.84 Å². The molecule has 3 rings (SSSR count). The molecule has 1 atom stereocenters. The van der Waals surface area contributed by atoms with E-state index < -0.39 is 0 Å². The minimum Gasteiger partial charge on any atom is -0.351 e. The van der Waals surface area contributed by atoms with Crippen molar-refractivity contribution >= 4 is 17.5 Å². The van der Waals surface area contributed by atoms with E-state index in [2.05, 4.69) is 41.1 Å². The third-order valence-corrected chi connectivity index (χ3v) is 5.37. The smallest absolute Gasteiger partial charge is 0.241 e. The lowest BCUT2D eigenvalue weighted by Crippen LogP contribution is -2.49. The van der Waals surface area contributed by atoms with Crippen LogP contribution in [0.5, 0.6) is 0 Å². The van der Waals surface area contributed by atoms with Gasteiger partial charge in [-0.3, -0.25) is 9.69 Å². The Balaban J connectivity index is 1.60. The second-order valence-electron chi connectivity index (χ2n) is 7.82. The summed E-state index contributed by atoms with van der Waals surface area (Å²) in [4.78, 5) is 19.3. The number of nitrogens with zero attached hydrogens (tertiary/aromatic N) is 3. The summed E-state index contributed by atoms with van der Waals surface area (Å²) in [6.07, 6.45) is 2.81. The zero-order valence-electron chi connectivity index (χ0n) is 16.2. The maximum Gasteiger partial charge on any atom is 0.241 e. The Hall–Kier alpha value is -1.92. The minimum atomic E-state index is -0.169. The summed E-state index contributed by atoms with van der Waals surface area (Å²) in [6, 6.07) is 7.38. The van der Waals surface area contributed by atoms with E-state index in [1.54, 1.807) is 0 Å². The van der Waals surface area contributed by atoms with E-state index >= 15 is 0 Å². The SMILES string of the molecule is CCC(C)(C)NC(=O)C1CCCN(Cc2nc(-c3cccc(Cl)c3)no2)C1. The molecule has 27 heavy (non-hydrogen) atoms. The van der Waals surface area contributed by atoms with E-state index in [9.17, 15) is 4.79 Å². The molecular formula is C20H27ClN4O2. The van der Waals surface area contributed by atoms with E-state index in [0.717, 1.165) is 31.4 Å². The van der Waals surface area contributed by atoms with Gasteiger partial charge in [0, 0.05) is 22.7 Å². The quantitative estimate of drug-likeness (QED) is 0.809. The number of benzene rings is 1. The van der Waals surface area contributed by atoms with Gasteiger partial charge in [-0.2, -0.15) is 4.98 Å². The highest BCUT2D eigenvalue weighted by Gasteiger charge is 2.29. The lowest BCUT2D eigenvalue weighted by atomic mass is 9.94. The largest absolute Gasteiger partial charge is 0.351 e. The molecule has 1 amide bonds. The molecule has 1 N–H and O–H groups in total. The second kappa shape index (κ2) is 8.40. The second-order valence-corrected chi connectivity index (χ2v) is 8.26. The fourth-order valence-electron chi connectivity index (χ4n) is 3.19. The van der Waals surface area contributed by atoms with Gasteiger partial charge in [0.05, 0.1) is 12.5 Å². The standard InChI is InChI=1S/C20H27ClN4O2/c1-4-20(2,3)23-19(26)15-8-6-10-25(12-15)13-17-22-18(24-27-17)14-7-5-9-16(21)11-14/h5,7,9,11,15H,4,6,8,10,12-13H2,1-3H3,(H,23,26). The first-order valence-electron chi connectivity index (χ1n) is 9.49. The van der Waals surface area contributed by atoms with Crippen LogP contribution in [-0.2, 0) is 11.3 Å². The molecule has 7 heteroatoms. The van der Waals surface area contributed by atoms with Gasteiger partial charge in [-0.1, -0.05) is 35.8 Å². The Morgan fingerprint density at radius 1 is 1.44 bits per heavy atom. The number of carbonyl (C=O) groups excluding carboxylic acids is 1. The van der Waals surface area contributed by atoms with Gasteiger partial charge in [-0.15, -0.1) is 0 Å². The van der Waals surface area contributed by atoms with Crippen molar-refractivity contribution in [3.63, 3.8) is 0 Å². The molecule has 1 aliphatic rings. The third kappa shape index (κ3) is 5.30. The Morgan fingerprint density at radius 2 is 2.26 bits per heavy atom. The van der Waals surface area contributed by atoms with E-state index in [-0.39, 0.29) is 17.4 Å². The number of aromatic nitrogens is 2. The van der Waals surface area contributed by atoms with Crippen LogP contribution in [0.15, 0.2) is 28.8 Å². The lowest BCUT2D eigenvalue weighted by Gasteiger charge is -2.33. The van der Waals surface area contributed by atoms with Gasteiger partial charge in [0.1, 0.15) is 0 Å². The molecule has 2 heterocycles. The number of carbonyl (C=O) groups is 1. The summed E-state index contributed by atoms with van der Waals surface area (Å²) >= 11 is 6.03. The van der Waals surface area contributed by atoms with Crippen molar-refractivity contribution < 1.29 is 9.32 Å². The fourth-order valence-corrected chi connectivity index (χ4v) is 3.38. The first-order chi connectivity index (χ1) is 12.9. The fraction of sp³-hybridized carbons (Fsp3) is 0.550. The first-order valence-corrected chi connectivity index (χ1v) is 9.87. The number of amides is 1. The zero-order valence-corrected chi connectivity index (χ0v) is 16.9. The van der Waals surface area contributed by atoms with Crippen LogP contribution >= 0.6 is 11.6 Å². The Bertz CT molecular complexity index is 790. The molecule has 2 aromatic rings. The van der Waals surface area contributed by atoms with Crippen LogP contribution in [0.1, 0.15) is 45.9 Å². The number of halogens is 1. The summed E-state index contributed by atoms with van der Waals surface area (Å²) in [6.45, 7) is 8.38. The molecule has 146 valence electrons. The molecule has 0 saturated carbocycles. The highest BCUT2D eigenvalue weighted by Crippen LogP contribution is 2.22. The van der Waals surface area contributed by atoms with Crippen molar-refractivity contribution in [2.24, 2.45) is 5.92 Å². The average Bonchev–Trinajstić information content (AvgIpc) is 3.10. The van der Waals surface area contributed by atoms with E-state index in [4.69, 9.17) is 16.1 Å². The van der Waals surface area contributed by atoms with Gasteiger partial charge in [0.25, 0.3) is 0 Å². The zero-order chi connectivity index (χ0) is 19.4. The molecule has 1 saturated heterocycles. The van der Waals surface area contributed by atoms with Gasteiger partial charge in [0.15, 0.2) is 0 Å². The van der Waals surface area contributed by atoms with Gasteiger partial charge in [-0.05, 0) is 51.8 Å². The summed E-state index contributed by atoms with van der Waals surface area (Å²) < 4.78 is 5.41. The number of likely N-dealkylation sites (tertiary alicyclic amines) is 1. The minimum absolute atomic E-state index is 0.0000956. The predicted molar refractivity (Wildman–Crippen MR) is 105 cm³/mol. The number of rotatable bonds is 6. The van der Waals surface area contributed by atoms with Crippen molar-refractivity contribution in [1.29, 1.82) is 0 Å². The van der Waals surface area contributed by atoms with Gasteiger partial charge >= 0.3 is 0 Å². The molecule has 1 unspecified atom stereocenters. The van der Waals surface area contributed by atoms with Crippen LogP contribution in [-0.4, -0.2) is 39.6 Å². The molecule has 0 aliphatic carbocycles. The van der Waals surface area contributed by atoms with Crippen molar-refractivity contribution in [2.45, 2.75) is 52.1 Å². The van der Waals surface area contributed by atoms with Gasteiger partial charge in [-0.25, -0.2) is 0 Å². The Kier molecular flexibility index (Phi) is 6.17. The highest BCUT2D eigenvalue weighted by molar-refractivity contribution is 6.30. The van der Waals surface area contributed by atoms with Crippen LogP contribution < -0.4 is 5.32 Å². The van der Waals surface area contributed by atoms with E-state index in [1.165, 1.54) is 0 Å². The predicted octanol–water partition coefficient (Wildman–Crippen LogP) is 3.91. The molecule has 6 nitrogen and oxygen atoms in total. The molecule has 0 radical (unpaired) electrons. The summed E-state index contributed by atoms with van der Waals surface area (Å²) in [5, 5.41) is 7.86. The number of hydrogen-bond donors (Lipinski definition) is 1. The normalized spacial score (nSPS) is 18.4. The molecule has 1 aromatic carbocycles. The lowest BCUT2D eigenvalue weighted by molar-refractivity contribution is -0.128.